The minimum Gasteiger partial charge on any atom is -0.345 e. The van der Waals surface area contributed by atoms with E-state index in [1.807, 2.05) is 19.1 Å². The van der Waals surface area contributed by atoms with Crippen LogP contribution in [-0.2, 0) is 7.05 Å². The maximum atomic E-state index is 13.1. The first kappa shape index (κ1) is 20.5. The number of pyridine rings is 1. The molecule has 1 unspecified atom stereocenters. The second-order valence-electron chi connectivity index (χ2n) is 7.02. The monoisotopic (exact) mass is 434 g/mol. The summed E-state index contributed by atoms with van der Waals surface area (Å²) in [6, 6.07) is 11.8. The molecule has 1 N–H and O–H groups in total. The van der Waals surface area contributed by atoms with Gasteiger partial charge in [0.1, 0.15) is 11.3 Å². The van der Waals surface area contributed by atoms with Crippen molar-refractivity contribution in [1.82, 2.24) is 29.9 Å². The van der Waals surface area contributed by atoms with Crippen molar-refractivity contribution in [3.8, 4) is 16.9 Å². The Morgan fingerprint density at radius 3 is 2.48 bits per heavy atom. The van der Waals surface area contributed by atoms with Gasteiger partial charge in [0.05, 0.1) is 24.1 Å². The third kappa shape index (κ3) is 4.39. The number of carbonyl (C=O) groups is 1. The number of nitrogens with one attached hydrogen (secondary N) is 1. The van der Waals surface area contributed by atoms with Crippen LogP contribution in [0.1, 0.15) is 28.9 Å². The van der Waals surface area contributed by atoms with Crippen LogP contribution in [0.3, 0.4) is 0 Å². The first-order chi connectivity index (χ1) is 14.9. The van der Waals surface area contributed by atoms with E-state index in [1.54, 1.807) is 54.6 Å². The Hall–Kier alpha value is -3.78. The molecule has 1 amide bonds. The molecule has 1 atom stereocenters. The fourth-order valence-electron chi connectivity index (χ4n) is 3.12. The van der Waals surface area contributed by atoms with Crippen LogP contribution in [0, 0.1) is 0 Å². The summed E-state index contributed by atoms with van der Waals surface area (Å²) in [4.78, 5) is 30.2. The van der Waals surface area contributed by atoms with Crippen molar-refractivity contribution in [3.63, 3.8) is 0 Å². The number of carbonyl (C=O) groups excluding carboxylic acids is 1. The summed E-state index contributed by atoms with van der Waals surface area (Å²) in [6.07, 6.45) is 6.47. The van der Waals surface area contributed by atoms with Gasteiger partial charge in [0.2, 0.25) is 0 Å². The Balaban J connectivity index is 1.78. The highest BCUT2D eigenvalue weighted by Crippen LogP contribution is 2.21. The molecule has 0 aliphatic carbocycles. The molecule has 156 valence electrons. The highest BCUT2D eigenvalue weighted by Gasteiger charge is 2.20. The number of rotatable bonds is 5. The Bertz CT molecular complexity index is 1280. The highest BCUT2D eigenvalue weighted by molar-refractivity contribution is 6.30. The Labute approximate surface area is 183 Å². The van der Waals surface area contributed by atoms with E-state index >= 15 is 0 Å². The Kier molecular flexibility index (Phi) is 5.64. The van der Waals surface area contributed by atoms with Crippen molar-refractivity contribution in [2.45, 2.75) is 13.0 Å². The smallest absolute Gasteiger partial charge is 0.284 e. The zero-order valence-electron chi connectivity index (χ0n) is 16.9. The minimum atomic E-state index is -0.537. The van der Waals surface area contributed by atoms with E-state index in [9.17, 15) is 9.59 Å². The van der Waals surface area contributed by atoms with Gasteiger partial charge in [-0.05, 0) is 42.8 Å². The van der Waals surface area contributed by atoms with Crippen LogP contribution in [0.5, 0.6) is 0 Å². The average Bonchev–Trinajstić information content (AvgIpc) is 3.21. The van der Waals surface area contributed by atoms with E-state index in [4.69, 9.17) is 11.6 Å². The predicted molar refractivity (Wildman–Crippen MR) is 117 cm³/mol. The van der Waals surface area contributed by atoms with E-state index in [0.717, 1.165) is 11.1 Å². The highest BCUT2D eigenvalue weighted by atomic mass is 35.5. The molecule has 4 aromatic rings. The number of aromatic nitrogens is 5. The van der Waals surface area contributed by atoms with Gasteiger partial charge in [0.15, 0.2) is 0 Å². The third-order valence-corrected chi connectivity index (χ3v) is 5.04. The van der Waals surface area contributed by atoms with Crippen molar-refractivity contribution in [3.05, 3.63) is 93.8 Å². The largest absolute Gasteiger partial charge is 0.345 e. The Morgan fingerprint density at radius 2 is 1.84 bits per heavy atom. The number of hydrogen-bond donors (Lipinski definition) is 1. The second-order valence-corrected chi connectivity index (χ2v) is 7.45. The molecule has 4 rings (SSSR count). The van der Waals surface area contributed by atoms with Gasteiger partial charge >= 0.3 is 0 Å². The van der Waals surface area contributed by atoms with Crippen molar-refractivity contribution in [1.29, 1.82) is 0 Å². The lowest BCUT2D eigenvalue weighted by Crippen LogP contribution is -2.35. The van der Waals surface area contributed by atoms with Gasteiger partial charge < -0.3 is 5.32 Å². The van der Waals surface area contributed by atoms with E-state index in [-0.39, 0.29) is 11.6 Å². The maximum absolute atomic E-state index is 13.1. The van der Waals surface area contributed by atoms with Crippen LogP contribution < -0.4 is 10.9 Å². The Morgan fingerprint density at radius 1 is 1.13 bits per heavy atom. The van der Waals surface area contributed by atoms with E-state index in [0.29, 0.717) is 16.4 Å². The zero-order valence-corrected chi connectivity index (χ0v) is 17.6. The SMILES string of the molecule is CC(NC(=O)c1cc(-c2ccc(Cl)cc2)nn(-c2cnn(C)c2)c1=O)c1ccncc1. The summed E-state index contributed by atoms with van der Waals surface area (Å²) in [5.74, 6) is -0.496. The molecule has 0 bridgehead atoms. The van der Waals surface area contributed by atoms with Gasteiger partial charge in [0.25, 0.3) is 11.5 Å². The first-order valence-electron chi connectivity index (χ1n) is 9.52. The molecular formula is C22H19ClN6O2. The molecule has 0 saturated heterocycles. The predicted octanol–water partition coefficient (Wildman–Crippen LogP) is 3.17. The van der Waals surface area contributed by atoms with Crippen molar-refractivity contribution < 1.29 is 4.79 Å². The van der Waals surface area contributed by atoms with Crippen LogP contribution in [0.2, 0.25) is 5.02 Å². The maximum Gasteiger partial charge on any atom is 0.284 e. The van der Waals surface area contributed by atoms with Crippen LogP contribution in [0.25, 0.3) is 16.9 Å². The van der Waals surface area contributed by atoms with Gasteiger partial charge in [-0.15, -0.1) is 0 Å². The van der Waals surface area contributed by atoms with Crippen molar-refractivity contribution >= 4 is 17.5 Å². The molecule has 0 aliphatic rings. The van der Waals surface area contributed by atoms with E-state index in [2.05, 4.69) is 20.5 Å². The number of nitrogens with zero attached hydrogens (tertiary/aromatic N) is 5. The molecule has 0 radical (unpaired) electrons. The van der Waals surface area contributed by atoms with Crippen LogP contribution in [0.4, 0.5) is 0 Å². The molecule has 31 heavy (non-hydrogen) atoms. The fraction of sp³-hybridized carbons (Fsp3) is 0.136. The molecule has 8 nitrogen and oxygen atoms in total. The summed E-state index contributed by atoms with van der Waals surface area (Å²) >= 11 is 6.00. The fourth-order valence-corrected chi connectivity index (χ4v) is 3.25. The molecule has 0 fully saturated rings. The molecule has 9 heteroatoms. The van der Waals surface area contributed by atoms with Gasteiger partial charge in [0, 0.05) is 30.0 Å². The summed E-state index contributed by atoms with van der Waals surface area (Å²) in [6.45, 7) is 1.84. The number of amides is 1. The van der Waals surface area contributed by atoms with Crippen LogP contribution in [-0.4, -0.2) is 30.5 Å². The molecule has 3 aromatic heterocycles. The van der Waals surface area contributed by atoms with Crippen LogP contribution >= 0.6 is 11.6 Å². The van der Waals surface area contributed by atoms with E-state index < -0.39 is 11.5 Å². The second kappa shape index (κ2) is 8.53. The molecule has 0 spiro atoms. The van der Waals surface area contributed by atoms with Gasteiger partial charge in [-0.1, -0.05) is 23.7 Å². The average molecular weight is 435 g/mol. The minimum absolute atomic E-state index is 0.0234. The summed E-state index contributed by atoms with van der Waals surface area (Å²) < 4.78 is 2.74. The quantitative estimate of drug-likeness (QED) is 0.520. The number of benzene rings is 1. The lowest BCUT2D eigenvalue weighted by Gasteiger charge is -2.15. The van der Waals surface area contributed by atoms with Crippen molar-refractivity contribution in [2.75, 3.05) is 0 Å². The van der Waals surface area contributed by atoms with Gasteiger partial charge in [-0.3, -0.25) is 19.3 Å². The van der Waals surface area contributed by atoms with E-state index in [1.165, 1.54) is 16.9 Å². The zero-order chi connectivity index (χ0) is 22.0. The first-order valence-corrected chi connectivity index (χ1v) is 9.90. The molecule has 3 heterocycles. The lowest BCUT2D eigenvalue weighted by atomic mass is 10.1. The third-order valence-electron chi connectivity index (χ3n) is 4.79. The molecule has 0 saturated carbocycles. The summed E-state index contributed by atoms with van der Waals surface area (Å²) in [7, 11) is 1.74. The van der Waals surface area contributed by atoms with Gasteiger partial charge in [-0.25, -0.2) is 0 Å². The number of hydrogen-bond acceptors (Lipinski definition) is 5. The normalized spacial score (nSPS) is 11.8. The topological polar surface area (TPSA) is 94.7 Å². The number of aryl methyl sites for hydroxylation is 1. The molecular weight excluding hydrogens is 416 g/mol. The van der Waals surface area contributed by atoms with Crippen LogP contribution in [0.15, 0.2) is 72.0 Å². The molecule has 1 aromatic carbocycles. The number of halogens is 1. The van der Waals surface area contributed by atoms with Crippen molar-refractivity contribution in [2.24, 2.45) is 7.05 Å². The lowest BCUT2D eigenvalue weighted by molar-refractivity contribution is 0.0937. The molecule has 0 aliphatic heterocycles. The standard InChI is InChI=1S/C22H19ClN6O2/c1-14(15-7-9-24-10-8-15)26-21(30)19-11-20(16-3-5-17(23)6-4-16)27-29(22(19)31)18-12-25-28(2)13-18/h3-14H,1-2H3,(H,26,30). The summed E-state index contributed by atoms with van der Waals surface area (Å²) in [5.41, 5.74) is 1.96. The summed E-state index contributed by atoms with van der Waals surface area (Å²) in [5, 5.41) is 12.0. The van der Waals surface area contributed by atoms with Gasteiger partial charge in [-0.2, -0.15) is 14.9 Å².